The van der Waals surface area contributed by atoms with Crippen LogP contribution in [0, 0.1) is 12.7 Å². The van der Waals surface area contributed by atoms with Crippen molar-refractivity contribution in [3.63, 3.8) is 0 Å². The minimum atomic E-state index is -0.824. The molecule has 0 amide bonds. The van der Waals surface area contributed by atoms with Crippen LogP contribution in [-0.2, 0) is 0 Å². The summed E-state index contributed by atoms with van der Waals surface area (Å²) in [5, 5.41) is 10.1. The van der Waals surface area contributed by atoms with Gasteiger partial charge < -0.3 is 9.84 Å². The number of aliphatic hydroxyl groups excluding tert-OH is 1. The van der Waals surface area contributed by atoms with Gasteiger partial charge in [0.2, 0.25) is 0 Å². The van der Waals surface area contributed by atoms with E-state index in [0.717, 1.165) is 5.56 Å². The van der Waals surface area contributed by atoms with Gasteiger partial charge in [-0.2, -0.15) is 0 Å². The lowest BCUT2D eigenvalue weighted by Gasteiger charge is -2.14. The van der Waals surface area contributed by atoms with Gasteiger partial charge in [-0.1, -0.05) is 17.7 Å². The number of ether oxygens (including phenoxy) is 1. The zero-order chi connectivity index (χ0) is 14.0. The van der Waals surface area contributed by atoms with Crippen molar-refractivity contribution in [2.24, 2.45) is 0 Å². The van der Waals surface area contributed by atoms with Crippen molar-refractivity contribution in [2.75, 3.05) is 0 Å². The summed E-state index contributed by atoms with van der Waals surface area (Å²) in [6.45, 7) is 3.48. The molecule has 0 saturated carbocycles. The summed E-state index contributed by atoms with van der Waals surface area (Å²) in [5.41, 5.74) is 1.41. The van der Waals surface area contributed by atoms with Crippen molar-refractivity contribution in [1.29, 1.82) is 0 Å². The molecular formula is C15H14ClFO2. The van der Waals surface area contributed by atoms with Crippen LogP contribution in [0.5, 0.6) is 11.5 Å². The second kappa shape index (κ2) is 5.59. The molecule has 0 bridgehead atoms. The van der Waals surface area contributed by atoms with E-state index in [4.69, 9.17) is 16.3 Å². The Kier molecular flexibility index (Phi) is 4.08. The summed E-state index contributed by atoms with van der Waals surface area (Å²) in [5.74, 6) is 0.446. The van der Waals surface area contributed by atoms with Crippen molar-refractivity contribution >= 4 is 11.6 Å². The van der Waals surface area contributed by atoms with E-state index in [0.29, 0.717) is 22.1 Å². The lowest BCUT2D eigenvalue weighted by atomic mass is 10.1. The van der Waals surface area contributed by atoms with Gasteiger partial charge >= 0.3 is 0 Å². The Bertz CT molecular complexity index is 597. The molecule has 1 atom stereocenters. The molecule has 2 aromatic carbocycles. The smallest absolute Gasteiger partial charge is 0.146 e. The SMILES string of the molecule is Cc1ccc(Oc2ccc(F)cc2[C@H](C)O)c(Cl)c1. The van der Waals surface area contributed by atoms with Gasteiger partial charge in [-0.3, -0.25) is 0 Å². The Morgan fingerprint density at radius 1 is 1.16 bits per heavy atom. The van der Waals surface area contributed by atoms with Crippen molar-refractivity contribution in [2.45, 2.75) is 20.0 Å². The first-order valence-electron chi connectivity index (χ1n) is 5.89. The minimum Gasteiger partial charge on any atom is -0.455 e. The van der Waals surface area contributed by atoms with Gasteiger partial charge in [-0.25, -0.2) is 4.39 Å². The molecule has 19 heavy (non-hydrogen) atoms. The summed E-state index contributed by atoms with van der Waals surface area (Å²) in [7, 11) is 0. The van der Waals surface area contributed by atoms with Crippen LogP contribution in [0.4, 0.5) is 4.39 Å². The molecule has 0 radical (unpaired) electrons. The zero-order valence-electron chi connectivity index (χ0n) is 10.7. The van der Waals surface area contributed by atoms with Crippen LogP contribution >= 0.6 is 11.6 Å². The Balaban J connectivity index is 2.38. The molecule has 2 nitrogen and oxygen atoms in total. The fourth-order valence-electron chi connectivity index (χ4n) is 1.75. The molecule has 0 saturated heterocycles. The Morgan fingerprint density at radius 2 is 1.84 bits per heavy atom. The van der Waals surface area contributed by atoms with Crippen LogP contribution in [0.25, 0.3) is 0 Å². The quantitative estimate of drug-likeness (QED) is 0.888. The monoisotopic (exact) mass is 280 g/mol. The van der Waals surface area contributed by atoms with E-state index < -0.39 is 11.9 Å². The third kappa shape index (κ3) is 3.25. The molecule has 0 aliphatic rings. The molecule has 100 valence electrons. The largest absolute Gasteiger partial charge is 0.455 e. The highest BCUT2D eigenvalue weighted by Crippen LogP contribution is 2.34. The molecule has 0 spiro atoms. The molecule has 2 rings (SSSR count). The highest BCUT2D eigenvalue weighted by molar-refractivity contribution is 6.32. The molecule has 0 aliphatic heterocycles. The Labute approximate surface area is 116 Å². The predicted octanol–water partition coefficient (Wildman–Crippen LogP) is 4.63. The van der Waals surface area contributed by atoms with E-state index in [-0.39, 0.29) is 0 Å². The fraction of sp³-hybridized carbons (Fsp3) is 0.200. The maximum Gasteiger partial charge on any atom is 0.146 e. The number of hydrogen-bond donors (Lipinski definition) is 1. The van der Waals surface area contributed by atoms with Gasteiger partial charge in [0.05, 0.1) is 11.1 Å². The van der Waals surface area contributed by atoms with Gasteiger partial charge in [0, 0.05) is 5.56 Å². The first-order valence-corrected chi connectivity index (χ1v) is 6.26. The van der Waals surface area contributed by atoms with Gasteiger partial charge in [0.1, 0.15) is 17.3 Å². The lowest BCUT2D eigenvalue weighted by Crippen LogP contribution is -1.97. The second-order valence-electron chi connectivity index (χ2n) is 4.39. The van der Waals surface area contributed by atoms with E-state index in [1.165, 1.54) is 18.2 Å². The van der Waals surface area contributed by atoms with Crippen molar-refractivity contribution in [3.05, 3.63) is 58.4 Å². The molecule has 0 fully saturated rings. The molecule has 2 aromatic rings. The lowest BCUT2D eigenvalue weighted by molar-refractivity contribution is 0.195. The van der Waals surface area contributed by atoms with Crippen LogP contribution in [0.1, 0.15) is 24.2 Å². The average Bonchev–Trinajstić information content (AvgIpc) is 2.34. The molecular weight excluding hydrogens is 267 g/mol. The van der Waals surface area contributed by atoms with Crippen LogP contribution in [0.2, 0.25) is 5.02 Å². The van der Waals surface area contributed by atoms with Gasteiger partial charge in [0.25, 0.3) is 0 Å². The summed E-state index contributed by atoms with van der Waals surface area (Å²) in [6.07, 6.45) is -0.824. The molecule has 4 heteroatoms. The van der Waals surface area contributed by atoms with Crippen LogP contribution in [0.3, 0.4) is 0 Å². The fourth-order valence-corrected chi connectivity index (χ4v) is 2.02. The number of benzene rings is 2. The van der Waals surface area contributed by atoms with Gasteiger partial charge in [-0.05, 0) is 49.7 Å². The van der Waals surface area contributed by atoms with E-state index in [2.05, 4.69) is 0 Å². The molecule has 0 heterocycles. The highest BCUT2D eigenvalue weighted by atomic mass is 35.5. The summed E-state index contributed by atoms with van der Waals surface area (Å²) in [4.78, 5) is 0. The number of halogens is 2. The maximum atomic E-state index is 13.2. The van der Waals surface area contributed by atoms with E-state index in [9.17, 15) is 9.50 Å². The minimum absolute atomic E-state index is 0.386. The highest BCUT2D eigenvalue weighted by Gasteiger charge is 2.12. The molecule has 0 unspecified atom stereocenters. The third-order valence-corrected chi connectivity index (χ3v) is 3.02. The zero-order valence-corrected chi connectivity index (χ0v) is 11.4. The summed E-state index contributed by atoms with van der Waals surface area (Å²) in [6, 6.07) is 9.40. The first kappa shape index (κ1) is 13.8. The third-order valence-electron chi connectivity index (χ3n) is 2.73. The maximum absolute atomic E-state index is 13.2. The van der Waals surface area contributed by atoms with E-state index in [1.54, 1.807) is 19.1 Å². The second-order valence-corrected chi connectivity index (χ2v) is 4.80. The van der Waals surface area contributed by atoms with Crippen LogP contribution < -0.4 is 4.74 Å². The van der Waals surface area contributed by atoms with E-state index in [1.807, 2.05) is 13.0 Å². The van der Waals surface area contributed by atoms with Crippen LogP contribution in [-0.4, -0.2) is 5.11 Å². The van der Waals surface area contributed by atoms with Gasteiger partial charge in [-0.15, -0.1) is 0 Å². The number of aryl methyl sites for hydroxylation is 1. The standard InChI is InChI=1S/C15H14ClFO2/c1-9-3-5-15(13(16)7-9)19-14-6-4-11(17)8-12(14)10(2)18/h3-8,10,18H,1-2H3/t10-/m0/s1. The van der Waals surface area contributed by atoms with E-state index >= 15 is 0 Å². The molecule has 1 N–H and O–H groups in total. The summed E-state index contributed by atoms with van der Waals surface area (Å²) < 4.78 is 18.8. The Morgan fingerprint density at radius 3 is 2.47 bits per heavy atom. The normalized spacial score (nSPS) is 12.3. The van der Waals surface area contributed by atoms with Crippen molar-refractivity contribution in [3.8, 4) is 11.5 Å². The molecule has 0 aromatic heterocycles. The van der Waals surface area contributed by atoms with Crippen molar-refractivity contribution < 1.29 is 14.2 Å². The molecule has 0 aliphatic carbocycles. The van der Waals surface area contributed by atoms with Crippen molar-refractivity contribution in [1.82, 2.24) is 0 Å². The van der Waals surface area contributed by atoms with Crippen LogP contribution in [0.15, 0.2) is 36.4 Å². The van der Waals surface area contributed by atoms with Gasteiger partial charge in [0.15, 0.2) is 0 Å². The number of aliphatic hydroxyl groups is 1. The predicted molar refractivity (Wildman–Crippen MR) is 73.3 cm³/mol. The average molecular weight is 281 g/mol. The Hall–Kier alpha value is -1.58. The topological polar surface area (TPSA) is 29.5 Å². The summed E-state index contributed by atoms with van der Waals surface area (Å²) >= 11 is 6.08. The number of hydrogen-bond acceptors (Lipinski definition) is 2. The number of rotatable bonds is 3. The first-order chi connectivity index (χ1) is 8.97.